The molecule has 2 aromatic rings. The minimum Gasteiger partial charge on any atom is -0.339 e. The second-order valence-electron chi connectivity index (χ2n) is 7.14. The minimum absolute atomic E-state index is 0.0287. The standard InChI is InChI=1S/C20H26N4O/c1-14(2)17-6-4-5-7-18(17)23-20-21-12-16(13-22-20)19(25)24-10-8-15(3)9-11-24/h4-7,12-15H,8-11H2,1-3H3,(H,21,22,23). The number of benzene rings is 1. The number of likely N-dealkylation sites (tertiary alicyclic amines) is 1. The highest BCUT2D eigenvalue weighted by Crippen LogP contribution is 2.25. The van der Waals surface area contributed by atoms with Crippen molar-refractivity contribution in [2.75, 3.05) is 18.4 Å². The van der Waals surface area contributed by atoms with Crippen LogP contribution in [-0.4, -0.2) is 33.9 Å². The van der Waals surface area contributed by atoms with Gasteiger partial charge in [0.2, 0.25) is 5.95 Å². The summed E-state index contributed by atoms with van der Waals surface area (Å²) in [6.45, 7) is 8.19. The van der Waals surface area contributed by atoms with Gasteiger partial charge in [0.05, 0.1) is 5.56 Å². The second kappa shape index (κ2) is 7.64. The van der Waals surface area contributed by atoms with Gasteiger partial charge in [0.25, 0.3) is 5.91 Å². The normalized spacial score (nSPS) is 15.4. The van der Waals surface area contributed by atoms with E-state index in [2.05, 4.69) is 42.1 Å². The summed E-state index contributed by atoms with van der Waals surface area (Å²) >= 11 is 0. The summed E-state index contributed by atoms with van der Waals surface area (Å²) in [7, 11) is 0. The molecule has 1 N–H and O–H groups in total. The fourth-order valence-electron chi connectivity index (χ4n) is 3.13. The lowest BCUT2D eigenvalue weighted by Crippen LogP contribution is -2.38. The lowest BCUT2D eigenvalue weighted by molar-refractivity contribution is 0.0696. The molecule has 0 aliphatic carbocycles. The molecule has 0 atom stereocenters. The van der Waals surface area contributed by atoms with Gasteiger partial charge in [0.1, 0.15) is 0 Å². The van der Waals surface area contributed by atoms with E-state index in [0.29, 0.717) is 23.3 Å². The number of hydrogen-bond acceptors (Lipinski definition) is 4. The van der Waals surface area contributed by atoms with Gasteiger partial charge in [-0.25, -0.2) is 9.97 Å². The molecule has 1 saturated heterocycles. The Kier molecular flexibility index (Phi) is 5.31. The zero-order valence-electron chi connectivity index (χ0n) is 15.2. The van der Waals surface area contributed by atoms with Crippen LogP contribution in [-0.2, 0) is 0 Å². The molecule has 1 aromatic carbocycles. The lowest BCUT2D eigenvalue weighted by Gasteiger charge is -2.30. The third-order valence-corrected chi connectivity index (χ3v) is 4.80. The van der Waals surface area contributed by atoms with Crippen molar-refractivity contribution in [2.45, 2.75) is 39.5 Å². The van der Waals surface area contributed by atoms with Gasteiger partial charge in [0.15, 0.2) is 0 Å². The Morgan fingerprint density at radius 1 is 1.16 bits per heavy atom. The number of hydrogen-bond donors (Lipinski definition) is 1. The Morgan fingerprint density at radius 3 is 2.44 bits per heavy atom. The number of piperidine rings is 1. The van der Waals surface area contributed by atoms with Crippen molar-refractivity contribution in [2.24, 2.45) is 5.92 Å². The van der Waals surface area contributed by atoms with Crippen LogP contribution in [0.1, 0.15) is 55.5 Å². The van der Waals surface area contributed by atoms with Crippen LogP contribution < -0.4 is 5.32 Å². The van der Waals surface area contributed by atoms with Crippen LogP contribution in [0.5, 0.6) is 0 Å². The number of anilines is 2. The van der Waals surface area contributed by atoms with E-state index >= 15 is 0 Å². The Morgan fingerprint density at radius 2 is 1.80 bits per heavy atom. The first-order valence-corrected chi connectivity index (χ1v) is 9.02. The SMILES string of the molecule is CC1CCN(C(=O)c2cnc(Nc3ccccc3C(C)C)nc2)CC1. The van der Waals surface area contributed by atoms with E-state index in [4.69, 9.17) is 0 Å². The first kappa shape index (κ1) is 17.4. The molecule has 0 radical (unpaired) electrons. The molecule has 0 bridgehead atoms. The molecule has 0 saturated carbocycles. The second-order valence-corrected chi connectivity index (χ2v) is 7.14. The van der Waals surface area contributed by atoms with Crippen LogP contribution in [0.3, 0.4) is 0 Å². The summed E-state index contributed by atoms with van der Waals surface area (Å²) in [5.41, 5.74) is 2.77. The molecule has 0 unspecified atom stereocenters. The summed E-state index contributed by atoms with van der Waals surface area (Å²) in [6.07, 6.45) is 5.37. The Bertz CT molecular complexity index is 719. The predicted octanol–water partition coefficient (Wildman–Crippen LogP) is 4.22. The highest BCUT2D eigenvalue weighted by atomic mass is 16.2. The molecular weight excluding hydrogens is 312 g/mol. The van der Waals surface area contributed by atoms with E-state index in [1.165, 1.54) is 5.56 Å². The van der Waals surface area contributed by atoms with Crippen molar-refractivity contribution < 1.29 is 4.79 Å². The monoisotopic (exact) mass is 338 g/mol. The largest absolute Gasteiger partial charge is 0.339 e. The van der Waals surface area contributed by atoms with Crippen molar-refractivity contribution in [3.05, 3.63) is 47.8 Å². The highest BCUT2D eigenvalue weighted by Gasteiger charge is 2.21. The molecule has 0 spiro atoms. The number of amides is 1. The quantitative estimate of drug-likeness (QED) is 0.907. The Labute approximate surface area is 149 Å². The molecule has 5 heteroatoms. The first-order chi connectivity index (χ1) is 12.0. The predicted molar refractivity (Wildman–Crippen MR) is 100 cm³/mol. The number of aromatic nitrogens is 2. The van der Waals surface area contributed by atoms with Gasteiger partial charge < -0.3 is 10.2 Å². The molecule has 1 aliphatic heterocycles. The van der Waals surface area contributed by atoms with Gasteiger partial charge >= 0.3 is 0 Å². The van der Waals surface area contributed by atoms with Crippen molar-refractivity contribution >= 4 is 17.5 Å². The average molecular weight is 338 g/mol. The molecule has 1 aliphatic rings. The van der Waals surface area contributed by atoms with E-state index in [9.17, 15) is 4.79 Å². The zero-order valence-corrected chi connectivity index (χ0v) is 15.2. The molecule has 2 heterocycles. The molecule has 5 nitrogen and oxygen atoms in total. The molecule has 3 rings (SSSR count). The number of carbonyl (C=O) groups is 1. The highest BCUT2D eigenvalue weighted by molar-refractivity contribution is 5.93. The number of para-hydroxylation sites is 1. The van der Waals surface area contributed by atoms with E-state index in [1.807, 2.05) is 23.1 Å². The molecule has 25 heavy (non-hydrogen) atoms. The Balaban J connectivity index is 1.69. The van der Waals surface area contributed by atoms with E-state index in [-0.39, 0.29) is 5.91 Å². The molecular formula is C20H26N4O. The summed E-state index contributed by atoms with van der Waals surface area (Å²) < 4.78 is 0. The zero-order chi connectivity index (χ0) is 17.8. The number of rotatable bonds is 4. The van der Waals surface area contributed by atoms with E-state index in [1.54, 1.807) is 12.4 Å². The van der Waals surface area contributed by atoms with Crippen molar-refractivity contribution in [1.82, 2.24) is 14.9 Å². The fourth-order valence-corrected chi connectivity index (χ4v) is 3.13. The van der Waals surface area contributed by atoms with Crippen LogP contribution in [0.15, 0.2) is 36.7 Å². The van der Waals surface area contributed by atoms with Crippen molar-refractivity contribution in [3.63, 3.8) is 0 Å². The van der Waals surface area contributed by atoms with Crippen molar-refractivity contribution in [1.29, 1.82) is 0 Å². The molecule has 1 fully saturated rings. The Hall–Kier alpha value is -2.43. The van der Waals surface area contributed by atoms with Crippen LogP contribution in [0.2, 0.25) is 0 Å². The van der Waals surface area contributed by atoms with Gasteiger partial charge in [-0.2, -0.15) is 0 Å². The number of carbonyl (C=O) groups excluding carboxylic acids is 1. The molecule has 1 aromatic heterocycles. The fraction of sp³-hybridized carbons (Fsp3) is 0.450. The maximum atomic E-state index is 12.5. The van der Waals surface area contributed by atoms with Crippen LogP contribution in [0.25, 0.3) is 0 Å². The van der Waals surface area contributed by atoms with Gasteiger partial charge in [0, 0.05) is 31.2 Å². The first-order valence-electron chi connectivity index (χ1n) is 9.02. The van der Waals surface area contributed by atoms with E-state index < -0.39 is 0 Å². The maximum Gasteiger partial charge on any atom is 0.256 e. The molecule has 1 amide bonds. The van der Waals surface area contributed by atoms with Crippen LogP contribution in [0.4, 0.5) is 11.6 Å². The van der Waals surface area contributed by atoms with Crippen LogP contribution >= 0.6 is 0 Å². The number of nitrogens with one attached hydrogen (secondary N) is 1. The molecule has 132 valence electrons. The summed E-state index contributed by atoms with van der Waals surface area (Å²) in [4.78, 5) is 23.1. The van der Waals surface area contributed by atoms with Gasteiger partial charge in [-0.3, -0.25) is 4.79 Å². The van der Waals surface area contributed by atoms with Gasteiger partial charge in [-0.1, -0.05) is 39.0 Å². The summed E-state index contributed by atoms with van der Waals surface area (Å²) in [5.74, 6) is 1.65. The smallest absolute Gasteiger partial charge is 0.256 e. The van der Waals surface area contributed by atoms with Gasteiger partial charge in [-0.15, -0.1) is 0 Å². The number of nitrogens with zero attached hydrogens (tertiary/aromatic N) is 3. The van der Waals surface area contributed by atoms with Crippen molar-refractivity contribution in [3.8, 4) is 0 Å². The third-order valence-electron chi connectivity index (χ3n) is 4.80. The third kappa shape index (κ3) is 4.16. The summed E-state index contributed by atoms with van der Waals surface area (Å²) in [5, 5.41) is 3.26. The maximum absolute atomic E-state index is 12.5. The van der Waals surface area contributed by atoms with E-state index in [0.717, 1.165) is 31.6 Å². The minimum atomic E-state index is 0.0287. The lowest BCUT2D eigenvalue weighted by atomic mass is 9.99. The van der Waals surface area contributed by atoms with Crippen LogP contribution in [0, 0.1) is 5.92 Å². The topological polar surface area (TPSA) is 58.1 Å². The summed E-state index contributed by atoms with van der Waals surface area (Å²) in [6, 6.07) is 8.14. The van der Waals surface area contributed by atoms with Gasteiger partial charge in [-0.05, 0) is 36.3 Å². The average Bonchev–Trinajstić information content (AvgIpc) is 2.63.